The molecule has 0 bridgehead atoms. The minimum Gasteiger partial charge on any atom is -0.368 e. The van der Waals surface area contributed by atoms with Crippen molar-refractivity contribution in [1.82, 2.24) is 30.1 Å². The van der Waals surface area contributed by atoms with Crippen LogP contribution in [0.2, 0.25) is 0 Å². The lowest BCUT2D eigenvalue weighted by molar-refractivity contribution is -0.0341. The normalized spacial score (nSPS) is 24.1. The number of thiazole rings is 1. The van der Waals surface area contributed by atoms with Gasteiger partial charge in [-0.3, -0.25) is 4.90 Å². The van der Waals surface area contributed by atoms with E-state index in [-0.39, 0.29) is 6.10 Å². The number of ether oxygens (including phenoxy) is 1. The smallest absolute Gasteiger partial charge is 0.165 e. The van der Waals surface area contributed by atoms with E-state index in [4.69, 9.17) is 4.74 Å². The van der Waals surface area contributed by atoms with Gasteiger partial charge in [0.1, 0.15) is 11.1 Å². The van der Waals surface area contributed by atoms with Gasteiger partial charge in [-0.1, -0.05) is 0 Å². The van der Waals surface area contributed by atoms with Gasteiger partial charge in [-0.25, -0.2) is 9.67 Å². The Morgan fingerprint density at radius 3 is 3.15 bits per heavy atom. The number of morpholine rings is 1. The fourth-order valence-corrected chi connectivity index (χ4v) is 3.19. The Kier molecular flexibility index (Phi) is 3.21. The molecule has 4 rings (SSSR count). The lowest BCUT2D eigenvalue weighted by atomic mass is 10.3. The number of hydrogen-bond donors (Lipinski definition) is 0. The lowest BCUT2D eigenvalue weighted by Crippen LogP contribution is -2.38. The molecular formula is C12H16N6OS. The first-order valence-corrected chi connectivity index (χ1v) is 7.78. The van der Waals surface area contributed by atoms with Crippen molar-refractivity contribution in [3.63, 3.8) is 0 Å². The van der Waals surface area contributed by atoms with Crippen LogP contribution in [-0.4, -0.2) is 49.8 Å². The number of tetrazole rings is 1. The van der Waals surface area contributed by atoms with Crippen molar-refractivity contribution in [1.29, 1.82) is 0 Å². The van der Waals surface area contributed by atoms with E-state index in [9.17, 15) is 0 Å². The van der Waals surface area contributed by atoms with Crippen LogP contribution in [0.1, 0.15) is 35.8 Å². The summed E-state index contributed by atoms with van der Waals surface area (Å²) in [7, 11) is 0. The largest absolute Gasteiger partial charge is 0.368 e. The highest BCUT2D eigenvalue weighted by Crippen LogP contribution is 2.34. The van der Waals surface area contributed by atoms with Crippen molar-refractivity contribution in [3.05, 3.63) is 22.4 Å². The fourth-order valence-electron chi connectivity index (χ4n) is 2.51. The molecule has 7 nitrogen and oxygen atoms in total. The molecule has 1 unspecified atom stereocenters. The molecule has 8 heteroatoms. The maximum atomic E-state index is 5.81. The topological polar surface area (TPSA) is 69.0 Å². The zero-order chi connectivity index (χ0) is 13.4. The van der Waals surface area contributed by atoms with Crippen LogP contribution in [0.15, 0.2) is 11.6 Å². The van der Waals surface area contributed by atoms with Crippen LogP contribution in [0.3, 0.4) is 0 Å². The SMILES string of the molecule is c1csc(C2CN(Cc3nnnn3C3CC3)CCO2)n1. The number of hydrogen-bond acceptors (Lipinski definition) is 7. The summed E-state index contributed by atoms with van der Waals surface area (Å²) in [6.07, 6.45) is 4.30. The molecule has 0 aromatic carbocycles. The predicted octanol–water partition coefficient (Wildman–Crippen LogP) is 1.04. The third-order valence-electron chi connectivity index (χ3n) is 3.70. The average molecular weight is 292 g/mol. The van der Waals surface area contributed by atoms with Crippen molar-refractivity contribution in [2.75, 3.05) is 19.7 Å². The molecule has 0 amide bonds. The van der Waals surface area contributed by atoms with E-state index in [0.29, 0.717) is 6.04 Å². The summed E-state index contributed by atoms with van der Waals surface area (Å²) < 4.78 is 7.79. The van der Waals surface area contributed by atoms with Crippen LogP contribution in [0.4, 0.5) is 0 Å². The van der Waals surface area contributed by atoms with Crippen LogP contribution in [0.5, 0.6) is 0 Å². The van der Waals surface area contributed by atoms with Crippen molar-refractivity contribution in [2.24, 2.45) is 0 Å². The summed E-state index contributed by atoms with van der Waals surface area (Å²) in [6, 6.07) is 0.524. The monoisotopic (exact) mass is 292 g/mol. The Morgan fingerprint density at radius 2 is 2.35 bits per heavy atom. The molecular weight excluding hydrogens is 276 g/mol. The molecule has 1 saturated carbocycles. The van der Waals surface area contributed by atoms with Crippen LogP contribution >= 0.6 is 11.3 Å². The van der Waals surface area contributed by atoms with Gasteiger partial charge < -0.3 is 4.74 Å². The first kappa shape index (κ1) is 12.4. The second kappa shape index (κ2) is 5.19. The van der Waals surface area contributed by atoms with Gasteiger partial charge in [-0.15, -0.1) is 16.4 Å². The molecule has 0 N–H and O–H groups in total. The zero-order valence-corrected chi connectivity index (χ0v) is 11.9. The summed E-state index contributed by atoms with van der Waals surface area (Å²) in [5.41, 5.74) is 0. The van der Waals surface area contributed by atoms with Crippen molar-refractivity contribution in [2.45, 2.75) is 31.5 Å². The van der Waals surface area contributed by atoms with Gasteiger partial charge in [0.25, 0.3) is 0 Å². The quantitative estimate of drug-likeness (QED) is 0.838. The van der Waals surface area contributed by atoms with Crippen molar-refractivity contribution >= 4 is 11.3 Å². The van der Waals surface area contributed by atoms with E-state index in [1.165, 1.54) is 12.8 Å². The molecule has 3 heterocycles. The Hall–Kier alpha value is -1.38. The average Bonchev–Trinajstić information content (AvgIpc) is 3.00. The van der Waals surface area contributed by atoms with Gasteiger partial charge in [0.2, 0.25) is 0 Å². The molecule has 2 fully saturated rings. The van der Waals surface area contributed by atoms with E-state index >= 15 is 0 Å². The van der Waals surface area contributed by atoms with Gasteiger partial charge >= 0.3 is 0 Å². The molecule has 2 aromatic heterocycles. The summed E-state index contributed by atoms with van der Waals surface area (Å²) in [6.45, 7) is 3.29. The molecule has 1 aliphatic carbocycles. The van der Waals surface area contributed by atoms with Gasteiger partial charge in [0, 0.05) is 24.7 Å². The lowest BCUT2D eigenvalue weighted by Gasteiger charge is -2.31. The highest BCUT2D eigenvalue weighted by molar-refractivity contribution is 7.09. The molecule has 2 aliphatic rings. The third-order valence-corrected chi connectivity index (χ3v) is 4.56. The molecule has 0 radical (unpaired) electrons. The van der Waals surface area contributed by atoms with E-state index < -0.39 is 0 Å². The van der Waals surface area contributed by atoms with Crippen LogP contribution < -0.4 is 0 Å². The van der Waals surface area contributed by atoms with Gasteiger partial charge in [-0.05, 0) is 23.3 Å². The number of rotatable bonds is 4. The van der Waals surface area contributed by atoms with Gasteiger partial charge in [0.05, 0.1) is 19.2 Å². The minimum atomic E-state index is 0.0778. The Bertz CT molecular complexity index is 566. The third kappa shape index (κ3) is 2.46. The molecule has 1 saturated heterocycles. The van der Waals surface area contributed by atoms with E-state index in [1.54, 1.807) is 11.3 Å². The number of aromatic nitrogens is 5. The molecule has 1 atom stereocenters. The first-order valence-electron chi connectivity index (χ1n) is 6.90. The van der Waals surface area contributed by atoms with E-state index in [2.05, 4.69) is 25.4 Å². The second-order valence-electron chi connectivity index (χ2n) is 5.24. The van der Waals surface area contributed by atoms with Crippen molar-refractivity contribution in [3.8, 4) is 0 Å². The van der Waals surface area contributed by atoms with Crippen LogP contribution in [0, 0.1) is 0 Å². The van der Waals surface area contributed by atoms with Gasteiger partial charge in [0.15, 0.2) is 5.82 Å². The molecule has 20 heavy (non-hydrogen) atoms. The van der Waals surface area contributed by atoms with E-state index in [0.717, 1.165) is 37.1 Å². The van der Waals surface area contributed by atoms with Crippen LogP contribution in [0.25, 0.3) is 0 Å². The summed E-state index contributed by atoms with van der Waals surface area (Å²) in [4.78, 5) is 6.70. The van der Waals surface area contributed by atoms with Gasteiger partial charge in [-0.2, -0.15) is 0 Å². The predicted molar refractivity (Wildman–Crippen MR) is 72.2 cm³/mol. The minimum absolute atomic E-state index is 0.0778. The Balaban J connectivity index is 1.44. The highest BCUT2D eigenvalue weighted by Gasteiger charge is 2.30. The Labute approximate surface area is 120 Å². The standard InChI is InChI=1S/C12H16N6OS/c1-2-9(1)18-11(14-15-16-18)8-17-4-5-19-10(7-17)12-13-3-6-20-12/h3,6,9-10H,1-2,4-5,7-8H2. The highest BCUT2D eigenvalue weighted by atomic mass is 32.1. The molecule has 0 spiro atoms. The first-order chi connectivity index (χ1) is 9.90. The second-order valence-corrected chi connectivity index (χ2v) is 6.16. The van der Waals surface area contributed by atoms with Crippen molar-refractivity contribution < 1.29 is 4.74 Å². The van der Waals surface area contributed by atoms with E-state index in [1.807, 2.05) is 16.3 Å². The zero-order valence-electron chi connectivity index (χ0n) is 11.1. The fraction of sp³-hybridized carbons (Fsp3) is 0.667. The molecule has 1 aliphatic heterocycles. The molecule has 106 valence electrons. The summed E-state index contributed by atoms with van der Waals surface area (Å²) >= 11 is 1.65. The summed E-state index contributed by atoms with van der Waals surface area (Å²) in [5, 5.41) is 15.1. The molecule has 2 aromatic rings. The maximum absolute atomic E-state index is 5.81. The number of nitrogens with zero attached hydrogens (tertiary/aromatic N) is 6. The Morgan fingerprint density at radius 1 is 1.40 bits per heavy atom. The van der Waals surface area contributed by atoms with Crippen LogP contribution in [-0.2, 0) is 11.3 Å². The maximum Gasteiger partial charge on any atom is 0.165 e. The summed E-state index contributed by atoms with van der Waals surface area (Å²) in [5.74, 6) is 0.965.